The maximum Gasteiger partial charge on any atom is 0.336 e. The second-order valence-corrected chi connectivity index (χ2v) is 4.27. The fourth-order valence-electron chi connectivity index (χ4n) is 1.52. The van der Waals surface area contributed by atoms with Crippen LogP contribution in [0, 0.1) is 0 Å². The van der Waals surface area contributed by atoms with Crippen LogP contribution in [0.4, 0.5) is 4.79 Å². The third-order valence-electron chi connectivity index (χ3n) is 2.55. The topological polar surface area (TPSA) is 81.7 Å². The average Bonchev–Trinajstić information content (AvgIpc) is 2.38. The van der Waals surface area contributed by atoms with Gasteiger partial charge in [-0.1, -0.05) is 18.2 Å². The standard InChI is InChI=1S/C13H19N3O3/c1-16(2)13(19)15-8-7-14-9-10-5-3-4-6-11(10)12(17)18/h3-6,14H,7-9H2,1-2H3,(H,15,19)(H,17,18). The quantitative estimate of drug-likeness (QED) is 0.663. The first-order valence-corrected chi connectivity index (χ1v) is 5.99. The summed E-state index contributed by atoms with van der Waals surface area (Å²) in [5.74, 6) is -0.932. The van der Waals surface area contributed by atoms with Crippen molar-refractivity contribution >= 4 is 12.0 Å². The Kier molecular flexibility index (Phi) is 5.81. The number of urea groups is 1. The summed E-state index contributed by atoms with van der Waals surface area (Å²) in [6.45, 7) is 1.53. The van der Waals surface area contributed by atoms with Crippen LogP contribution in [0.25, 0.3) is 0 Å². The number of carbonyl (C=O) groups is 2. The maximum absolute atomic E-state index is 11.2. The Hall–Kier alpha value is -2.08. The number of aromatic carboxylic acids is 1. The van der Waals surface area contributed by atoms with E-state index in [9.17, 15) is 9.59 Å². The second kappa shape index (κ2) is 7.38. The van der Waals surface area contributed by atoms with E-state index in [1.54, 1.807) is 38.4 Å². The van der Waals surface area contributed by atoms with Crippen LogP contribution in [-0.4, -0.2) is 49.2 Å². The molecule has 1 rings (SSSR count). The van der Waals surface area contributed by atoms with E-state index in [1.165, 1.54) is 4.90 Å². The second-order valence-electron chi connectivity index (χ2n) is 4.27. The lowest BCUT2D eigenvalue weighted by molar-refractivity contribution is 0.0695. The maximum atomic E-state index is 11.2. The molecule has 0 aliphatic rings. The van der Waals surface area contributed by atoms with Crippen molar-refractivity contribution in [3.63, 3.8) is 0 Å². The van der Waals surface area contributed by atoms with E-state index in [2.05, 4.69) is 10.6 Å². The van der Waals surface area contributed by atoms with Gasteiger partial charge in [0.05, 0.1) is 5.56 Å². The van der Waals surface area contributed by atoms with Crippen LogP contribution in [0.3, 0.4) is 0 Å². The van der Waals surface area contributed by atoms with Crippen LogP contribution < -0.4 is 10.6 Å². The number of carboxylic acid groups (broad SMARTS) is 1. The summed E-state index contributed by atoms with van der Waals surface area (Å²) in [6, 6.07) is 6.71. The number of hydrogen-bond acceptors (Lipinski definition) is 3. The summed E-state index contributed by atoms with van der Waals surface area (Å²) in [7, 11) is 3.34. The van der Waals surface area contributed by atoms with Crippen molar-refractivity contribution < 1.29 is 14.7 Å². The van der Waals surface area contributed by atoms with Crippen LogP contribution in [0.5, 0.6) is 0 Å². The van der Waals surface area contributed by atoms with Crippen molar-refractivity contribution in [3.8, 4) is 0 Å². The zero-order valence-corrected chi connectivity index (χ0v) is 11.1. The molecule has 3 N–H and O–H groups in total. The van der Waals surface area contributed by atoms with Crippen molar-refractivity contribution in [3.05, 3.63) is 35.4 Å². The number of hydrogen-bond donors (Lipinski definition) is 3. The fraction of sp³-hybridized carbons (Fsp3) is 0.385. The van der Waals surface area contributed by atoms with Gasteiger partial charge in [-0.25, -0.2) is 9.59 Å². The third kappa shape index (κ3) is 4.97. The molecule has 0 aliphatic carbocycles. The van der Waals surface area contributed by atoms with Gasteiger partial charge in [-0.05, 0) is 11.6 Å². The zero-order chi connectivity index (χ0) is 14.3. The highest BCUT2D eigenvalue weighted by atomic mass is 16.4. The van der Waals surface area contributed by atoms with E-state index in [4.69, 9.17) is 5.11 Å². The van der Waals surface area contributed by atoms with Crippen LogP contribution in [0.2, 0.25) is 0 Å². The van der Waals surface area contributed by atoms with Crippen LogP contribution in [-0.2, 0) is 6.54 Å². The van der Waals surface area contributed by atoms with E-state index in [1.807, 2.05) is 0 Å². The molecule has 0 atom stereocenters. The third-order valence-corrected chi connectivity index (χ3v) is 2.55. The first-order valence-electron chi connectivity index (χ1n) is 5.99. The van der Waals surface area contributed by atoms with Gasteiger partial charge in [-0.2, -0.15) is 0 Å². The number of rotatable bonds is 6. The number of nitrogens with one attached hydrogen (secondary N) is 2. The predicted molar refractivity (Wildman–Crippen MR) is 72.2 cm³/mol. The van der Waals surface area contributed by atoms with Gasteiger partial charge in [0.1, 0.15) is 0 Å². The summed E-state index contributed by atoms with van der Waals surface area (Å²) < 4.78 is 0. The molecule has 1 aromatic carbocycles. The molecule has 2 amide bonds. The first-order chi connectivity index (χ1) is 9.02. The van der Waals surface area contributed by atoms with Crippen LogP contribution in [0.1, 0.15) is 15.9 Å². The van der Waals surface area contributed by atoms with E-state index in [0.717, 1.165) is 5.56 Å². The number of carboxylic acids is 1. The molecule has 0 radical (unpaired) electrons. The Bertz CT molecular complexity index is 447. The Morgan fingerprint density at radius 1 is 1.21 bits per heavy atom. The Balaban J connectivity index is 2.34. The summed E-state index contributed by atoms with van der Waals surface area (Å²) >= 11 is 0. The van der Waals surface area contributed by atoms with Gasteiger partial charge in [-0.15, -0.1) is 0 Å². The van der Waals surface area contributed by atoms with Crippen LogP contribution in [0.15, 0.2) is 24.3 Å². The highest BCUT2D eigenvalue weighted by molar-refractivity contribution is 5.89. The predicted octanol–water partition coefficient (Wildman–Crippen LogP) is 0.746. The highest BCUT2D eigenvalue weighted by Gasteiger charge is 2.08. The minimum atomic E-state index is -0.932. The number of amides is 2. The van der Waals surface area contributed by atoms with Gasteiger partial charge in [-0.3, -0.25) is 0 Å². The molecule has 0 bridgehead atoms. The lowest BCUT2D eigenvalue weighted by atomic mass is 10.1. The monoisotopic (exact) mass is 265 g/mol. The lowest BCUT2D eigenvalue weighted by Gasteiger charge is -2.12. The van der Waals surface area contributed by atoms with Crippen molar-refractivity contribution in [1.82, 2.24) is 15.5 Å². The Morgan fingerprint density at radius 3 is 2.53 bits per heavy atom. The van der Waals surface area contributed by atoms with E-state index in [0.29, 0.717) is 25.2 Å². The highest BCUT2D eigenvalue weighted by Crippen LogP contribution is 2.07. The lowest BCUT2D eigenvalue weighted by Crippen LogP contribution is -2.38. The number of nitrogens with zero attached hydrogens (tertiary/aromatic N) is 1. The van der Waals surface area contributed by atoms with Gasteiger partial charge in [0.25, 0.3) is 0 Å². The molecule has 0 aliphatic heterocycles. The number of benzene rings is 1. The van der Waals surface area contributed by atoms with Gasteiger partial charge in [0.15, 0.2) is 0 Å². The van der Waals surface area contributed by atoms with Gasteiger partial charge >= 0.3 is 12.0 Å². The average molecular weight is 265 g/mol. The molecule has 0 fully saturated rings. The summed E-state index contributed by atoms with van der Waals surface area (Å²) in [5.41, 5.74) is 1.03. The van der Waals surface area contributed by atoms with Crippen LogP contribution >= 0.6 is 0 Å². The molecule has 1 aromatic rings. The van der Waals surface area contributed by atoms with E-state index >= 15 is 0 Å². The van der Waals surface area contributed by atoms with Crippen molar-refractivity contribution in [2.24, 2.45) is 0 Å². The minimum Gasteiger partial charge on any atom is -0.478 e. The molecule has 0 spiro atoms. The minimum absolute atomic E-state index is 0.146. The summed E-state index contributed by atoms with van der Waals surface area (Å²) in [6.07, 6.45) is 0. The Labute approximate surface area is 112 Å². The molecular weight excluding hydrogens is 246 g/mol. The molecule has 0 saturated carbocycles. The molecule has 0 unspecified atom stereocenters. The van der Waals surface area contributed by atoms with Crippen molar-refractivity contribution in [1.29, 1.82) is 0 Å². The molecule has 6 nitrogen and oxygen atoms in total. The van der Waals surface area contributed by atoms with Gasteiger partial charge in [0, 0.05) is 33.7 Å². The smallest absolute Gasteiger partial charge is 0.336 e. The van der Waals surface area contributed by atoms with Gasteiger partial charge < -0.3 is 20.6 Å². The van der Waals surface area contributed by atoms with Crippen molar-refractivity contribution in [2.45, 2.75) is 6.54 Å². The molecule has 0 aromatic heterocycles. The van der Waals surface area contributed by atoms with Gasteiger partial charge in [0.2, 0.25) is 0 Å². The molecule has 104 valence electrons. The molecular formula is C13H19N3O3. The summed E-state index contributed by atoms with van der Waals surface area (Å²) in [5, 5.41) is 14.8. The molecule has 0 heterocycles. The number of carbonyl (C=O) groups excluding carboxylic acids is 1. The summed E-state index contributed by atoms with van der Waals surface area (Å²) in [4.78, 5) is 23.7. The zero-order valence-electron chi connectivity index (χ0n) is 11.1. The van der Waals surface area contributed by atoms with E-state index in [-0.39, 0.29) is 6.03 Å². The molecule has 19 heavy (non-hydrogen) atoms. The Morgan fingerprint density at radius 2 is 1.89 bits per heavy atom. The molecule has 0 saturated heterocycles. The van der Waals surface area contributed by atoms with E-state index < -0.39 is 5.97 Å². The normalized spacial score (nSPS) is 10.0. The fourth-order valence-corrected chi connectivity index (χ4v) is 1.52. The largest absolute Gasteiger partial charge is 0.478 e. The first kappa shape index (κ1) is 15.0. The SMILES string of the molecule is CN(C)C(=O)NCCNCc1ccccc1C(=O)O. The molecule has 6 heteroatoms. The van der Waals surface area contributed by atoms with Crippen molar-refractivity contribution in [2.75, 3.05) is 27.2 Å².